The van der Waals surface area contributed by atoms with Gasteiger partial charge in [-0.05, 0) is 50.0 Å². The van der Waals surface area contributed by atoms with Crippen LogP contribution in [-0.2, 0) is 12.8 Å². The molecule has 1 aliphatic heterocycles. The van der Waals surface area contributed by atoms with Gasteiger partial charge >= 0.3 is 0 Å². The topological polar surface area (TPSA) is 29.9 Å². The molecule has 0 radical (unpaired) electrons. The molecule has 0 spiro atoms. The van der Waals surface area contributed by atoms with E-state index >= 15 is 0 Å². The van der Waals surface area contributed by atoms with Gasteiger partial charge in [-0.25, -0.2) is 4.98 Å². The summed E-state index contributed by atoms with van der Waals surface area (Å²) in [4.78, 5) is 4.95. The predicted octanol–water partition coefficient (Wildman–Crippen LogP) is 3.75. The Morgan fingerprint density at radius 3 is 2.48 bits per heavy atom. The standard InChI is InChI=1S/C20H23N3/c1-2-6-16(7-3-1)10-11-20-22-18-8-4-5-9-19(18)23(20)17-12-14-21-15-13-17/h1-9,17,21H,10-15H2. The van der Waals surface area contributed by atoms with Crippen LogP contribution in [0.2, 0.25) is 0 Å². The van der Waals surface area contributed by atoms with Gasteiger partial charge < -0.3 is 9.88 Å². The number of imidazole rings is 1. The molecule has 118 valence electrons. The summed E-state index contributed by atoms with van der Waals surface area (Å²) in [6.07, 6.45) is 4.44. The highest BCUT2D eigenvalue weighted by Gasteiger charge is 2.20. The first-order valence-corrected chi connectivity index (χ1v) is 8.62. The van der Waals surface area contributed by atoms with Crippen LogP contribution in [0.15, 0.2) is 54.6 Å². The molecule has 1 fully saturated rings. The minimum absolute atomic E-state index is 0.578. The van der Waals surface area contributed by atoms with Crippen LogP contribution in [0, 0.1) is 0 Å². The molecule has 1 N–H and O–H groups in total. The molecule has 0 aliphatic carbocycles. The SMILES string of the molecule is c1ccc(CCc2nc3ccccc3n2C2CCNCC2)cc1. The number of benzene rings is 2. The van der Waals surface area contributed by atoms with Gasteiger partial charge in [0.25, 0.3) is 0 Å². The molecule has 2 aromatic carbocycles. The van der Waals surface area contributed by atoms with Crippen molar-refractivity contribution < 1.29 is 0 Å². The Bertz CT molecular complexity index is 770. The lowest BCUT2D eigenvalue weighted by Crippen LogP contribution is -2.30. The van der Waals surface area contributed by atoms with E-state index in [0.29, 0.717) is 6.04 Å². The Morgan fingerprint density at radius 1 is 0.913 bits per heavy atom. The van der Waals surface area contributed by atoms with Gasteiger partial charge in [0, 0.05) is 12.5 Å². The van der Waals surface area contributed by atoms with Crippen molar-refractivity contribution in [2.24, 2.45) is 0 Å². The van der Waals surface area contributed by atoms with Gasteiger partial charge in [0.2, 0.25) is 0 Å². The largest absolute Gasteiger partial charge is 0.325 e. The summed E-state index contributed by atoms with van der Waals surface area (Å²) in [6, 6.07) is 19.9. The third-order valence-electron chi connectivity index (χ3n) is 4.82. The minimum Gasteiger partial charge on any atom is -0.325 e. The molecule has 1 saturated heterocycles. The fourth-order valence-corrected chi connectivity index (χ4v) is 3.64. The molecule has 23 heavy (non-hydrogen) atoms. The van der Waals surface area contributed by atoms with Gasteiger partial charge in [0.1, 0.15) is 5.82 Å². The summed E-state index contributed by atoms with van der Waals surface area (Å²) in [5.41, 5.74) is 3.81. The zero-order chi connectivity index (χ0) is 15.5. The van der Waals surface area contributed by atoms with E-state index in [4.69, 9.17) is 4.98 Å². The molecule has 0 saturated carbocycles. The third-order valence-corrected chi connectivity index (χ3v) is 4.82. The van der Waals surface area contributed by atoms with Crippen molar-refractivity contribution in [1.82, 2.24) is 14.9 Å². The maximum absolute atomic E-state index is 4.95. The smallest absolute Gasteiger partial charge is 0.110 e. The van der Waals surface area contributed by atoms with Crippen LogP contribution in [0.3, 0.4) is 0 Å². The zero-order valence-corrected chi connectivity index (χ0v) is 13.4. The highest BCUT2D eigenvalue weighted by atomic mass is 15.1. The Labute approximate surface area is 137 Å². The summed E-state index contributed by atoms with van der Waals surface area (Å²) >= 11 is 0. The quantitative estimate of drug-likeness (QED) is 0.795. The minimum atomic E-state index is 0.578. The van der Waals surface area contributed by atoms with Crippen LogP contribution in [0.4, 0.5) is 0 Å². The lowest BCUT2D eigenvalue weighted by atomic mass is 10.1. The molecule has 2 heterocycles. The van der Waals surface area contributed by atoms with E-state index in [2.05, 4.69) is 64.5 Å². The molecule has 0 amide bonds. The first-order chi connectivity index (χ1) is 11.4. The van der Waals surface area contributed by atoms with Crippen LogP contribution in [0.25, 0.3) is 11.0 Å². The van der Waals surface area contributed by atoms with Gasteiger partial charge in [-0.2, -0.15) is 0 Å². The number of piperidine rings is 1. The number of para-hydroxylation sites is 2. The number of nitrogens with zero attached hydrogens (tertiary/aromatic N) is 2. The predicted molar refractivity (Wildman–Crippen MR) is 94.7 cm³/mol. The number of fused-ring (bicyclic) bond motifs is 1. The van der Waals surface area contributed by atoms with Gasteiger partial charge in [-0.1, -0.05) is 42.5 Å². The number of aryl methyl sites for hydroxylation is 2. The molecule has 0 bridgehead atoms. The molecule has 4 rings (SSSR count). The van der Waals surface area contributed by atoms with E-state index in [1.165, 1.54) is 29.7 Å². The van der Waals surface area contributed by atoms with Crippen molar-refractivity contribution in [1.29, 1.82) is 0 Å². The van der Waals surface area contributed by atoms with Crippen molar-refractivity contribution in [3.8, 4) is 0 Å². The van der Waals surface area contributed by atoms with E-state index in [-0.39, 0.29) is 0 Å². The fourth-order valence-electron chi connectivity index (χ4n) is 3.64. The van der Waals surface area contributed by atoms with Crippen molar-refractivity contribution in [2.75, 3.05) is 13.1 Å². The fraction of sp³-hybridized carbons (Fsp3) is 0.350. The van der Waals surface area contributed by atoms with Crippen LogP contribution in [0.5, 0.6) is 0 Å². The first-order valence-electron chi connectivity index (χ1n) is 8.62. The Hall–Kier alpha value is -2.13. The second-order valence-corrected chi connectivity index (χ2v) is 6.35. The van der Waals surface area contributed by atoms with Gasteiger partial charge in [-0.15, -0.1) is 0 Å². The van der Waals surface area contributed by atoms with E-state index < -0.39 is 0 Å². The van der Waals surface area contributed by atoms with E-state index in [1.807, 2.05) is 0 Å². The summed E-state index contributed by atoms with van der Waals surface area (Å²) in [6.45, 7) is 2.21. The summed E-state index contributed by atoms with van der Waals surface area (Å²) < 4.78 is 2.51. The van der Waals surface area contributed by atoms with Crippen molar-refractivity contribution in [3.63, 3.8) is 0 Å². The highest BCUT2D eigenvalue weighted by Crippen LogP contribution is 2.27. The van der Waals surface area contributed by atoms with E-state index in [9.17, 15) is 0 Å². The van der Waals surface area contributed by atoms with Crippen LogP contribution in [-0.4, -0.2) is 22.6 Å². The first kappa shape index (κ1) is 14.5. The van der Waals surface area contributed by atoms with Gasteiger partial charge in [0.15, 0.2) is 0 Å². The van der Waals surface area contributed by atoms with Crippen LogP contribution >= 0.6 is 0 Å². The van der Waals surface area contributed by atoms with Crippen LogP contribution < -0.4 is 5.32 Å². The average Bonchev–Trinajstić information content (AvgIpc) is 3.00. The van der Waals surface area contributed by atoms with E-state index in [1.54, 1.807) is 0 Å². The molecular weight excluding hydrogens is 282 g/mol. The van der Waals surface area contributed by atoms with Gasteiger partial charge in [-0.3, -0.25) is 0 Å². The highest BCUT2D eigenvalue weighted by molar-refractivity contribution is 5.76. The molecule has 0 unspecified atom stereocenters. The average molecular weight is 305 g/mol. The van der Waals surface area contributed by atoms with Crippen molar-refractivity contribution >= 4 is 11.0 Å². The molecule has 3 aromatic rings. The Balaban J connectivity index is 1.67. The Morgan fingerprint density at radius 2 is 1.65 bits per heavy atom. The number of hydrogen-bond donors (Lipinski definition) is 1. The molecule has 3 heteroatoms. The van der Waals surface area contributed by atoms with E-state index in [0.717, 1.165) is 31.4 Å². The molecule has 3 nitrogen and oxygen atoms in total. The van der Waals surface area contributed by atoms with Crippen molar-refractivity contribution in [3.05, 3.63) is 66.0 Å². The number of nitrogens with one attached hydrogen (secondary N) is 1. The number of rotatable bonds is 4. The second-order valence-electron chi connectivity index (χ2n) is 6.35. The van der Waals surface area contributed by atoms with Gasteiger partial charge in [0.05, 0.1) is 11.0 Å². The van der Waals surface area contributed by atoms with Crippen molar-refractivity contribution in [2.45, 2.75) is 31.7 Å². The lowest BCUT2D eigenvalue weighted by molar-refractivity contribution is 0.367. The number of aromatic nitrogens is 2. The summed E-state index contributed by atoms with van der Waals surface area (Å²) in [7, 11) is 0. The summed E-state index contributed by atoms with van der Waals surface area (Å²) in [5.74, 6) is 1.24. The molecule has 1 aromatic heterocycles. The molecular formula is C20H23N3. The van der Waals surface area contributed by atoms with Crippen LogP contribution in [0.1, 0.15) is 30.3 Å². The molecule has 1 aliphatic rings. The third kappa shape index (κ3) is 3.02. The lowest BCUT2D eigenvalue weighted by Gasteiger charge is -2.26. The monoisotopic (exact) mass is 305 g/mol. The zero-order valence-electron chi connectivity index (χ0n) is 13.4. The second kappa shape index (κ2) is 6.55. The molecule has 0 atom stereocenters. The Kier molecular flexibility index (Phi) is 4.12. The number of hydrogen-bond acceptors (Lipinski definition) is 2. The maximum atomic E-state index is 4.95. The normalized spacial score (nSPS) is 16.0. The summed E-state index contributed by atoms with van der Waals surface area (Å²) in [5, 5.41) is 3.47. The maximum Gasteiger partial charge on any atom is 0.110 e.